The van der Waals surface area contributed by atoms with E-state index in [1.165, 1.54) is 0 Å². The molecule has 0 fully saturated rings. The minimum atomic E-state index is 0.0419. The zero-order valence-corrected chi connectivity index (χ0v) is 9.50. The Morgan fingerprint density at radius 1 is 1.67 bits per heavy atom. The summed E-state index contributed by atoms with van der Waals surface area (Å²) in [6.45, 7) is 5.69. The molecule has 4 heteroatoms. The Kier molecular flexibility index (Phi) is 3.66. The van der Waals surface area contributed by atoms with Crippen molar-refractivity contribution in [2.24, 2.45) is 7.05 Å². The Labute approximate surface area is 90.0 Å². The molecule has 0 aliphatic carbocycles. The van der Waals surface area contributed by atoms with Crippen LogP contribution in [0.25, 0.3) is 6.08 Å². The maximum atomic E-state index is 11.1. The van der Waals surface area contributed by atoms with Crippen LogP contribution in [0.15, 0.2) is 6.58 Å². The number of carbonyl (C=O) groups excluding carboxylic acids is 1. The zero-order valence-electron chi connectivity index (χ0n) is 9.50. The van der Waals surface area contributed by atoms with Crippen LogP contribution in [0.2, 0.25) is 0 Å². The van der Waals surface area contributed by atoms with Gasteiger partial charge in [-0.2, -0.15) is 0 Å². The third-order valence-corrected chi connectivity index (χ3v) is 2.56. The summed E-state index contributed by atoms with van der Waals surface area (Å²) in [5.74, 6) is 0.889. The second kappa shape index (κ2) is 4.77. The van der Waals surface area contributed by atoms with Crippen LogP contribution in [-0.2, 0) is 18.3 Å². The van der Waals surface area contributed by atoms with E-state index in [1.807, 2.05) is 18.5 Å². The lowest BCUT2D eigenvalue weighted by atomic mass is 10.2. The van der Waals surface area contributed by atoms with E-state index in [1.54, 1.807) is 13.1 Å². The molecule has 4 nitrogen and oxygen atoms in total. The highest BCUT2D eigenvalue weighted by molar-refractivity contribution is 5.75. The Morgan fingerprint density at radius 2 is 2.33 bits per heavy atom. The summed E-state index contributed by atoms with van der Waals surface area (Å²) < 4.78 is 1.98. The van der Waals surface area contributed by atoms with E-state index >= 15 is 0 Å². The molecule has 0 spiro atoms. The number of nitrogens with one attached hydrogen (secondary N) is 1. The minimum absolute atomic E-state index is 0.0419. The van der Waals surface area contributed by atoms with Gasteiger partial charge in [0.05, 0.1) is 5.69 Å². The summed E-state index contributed by atoms with van der Waals surface area (Å²) in [4.78, 5) is 15.5. The van der Waals surface area contributed by atoms with Crippen LogP contribution in [0.1, 0.15) is 23.6 Å². The topological polar surface area (TPSA) is 46.9 Å². The quantitative estimate of drug-likeness (QED) is 0.802. The third kappa shape index (κ3) is 2.46. The van der Waals surface area contributed by atoms with Crippen molar-refractivity contribution in [1.29, 1.82) is 0 Å². The number of imidazole rings is 1. The molecular formula is C11H17N3O. The lowest BCUT2D eigenvalue weighted by Gasteiger charge is -2.00. The highest BCUT2D eigenvalue weighted by atomic mass is 16.1. The summed E-state index contributed by atoms with van der Waals surface area (Å²) >= 11 is 0. The second-order valence-corrected chi connectivity index (χ2v) is 3.44. The van der Waals surface area contributed by atoms with Gasteiger partial charge in [0.15, 0.2) is 0 Å². The van der Waals surface area contributed by atoms with Crippen LogP contribution in [0, 0.1) is 6.92 Å². The van der Waals surface area contributed by atoms with Crippen LogP contribution >= 0.6 is 0 Å². The van der Waals surface area contributed by atoms with Crippen molar-refractivity contribution in [2.45, 2.75) is 19.8 Å². The number of aromatic nitrogens is 2. The SMILES string of the molecule is C=Cc1nc(CCC(=O)NC)c(C)n1C. The van der Waals surface area contributed by atoms with Gasteiger partial charge in [-0.1, -0.05) is 6.58 Å². The summed E-state index contributed by atoms with van der Waals surface area (Å²) in [5, 5.41) is 2.60. The molecular weight excluding hydrogens is 190 g/mol. The first-order valence-electron chi connectivity index (χ1n) is 4.95. The van der Waals surface area contributed by atoms with E-state index in [0.717, 1.165) is 17.2 Å². The van der Waals surface area contributed by atoms with Gasteiger partial charge in [0.25, 0.3) is 0 Å². The van der Waals surface area contributed by atoms with E-state index in [0.29, 0.717) is 12.8 Å². The van der Waals surface area contributed by atoms with Gasteiger partial charge in [-0.3, -0.25) is 4.79 Å². The highest BCUT2D eigenvalue weighted by Crippen LogP contribution is 2.11. The van der Waals surface area contributed by atoms with Crippen molar-refractivity contribution in [1.82, 2.24) is 14.9 Å². The maximum absolute atomic E-state index is 11.1. The van der Waals surface area contributed by atoms with E-state index in [2.05, 4.69) is 16.9 Å². The van der Waals surface area contributed by atoms with E-state index in [9.17, 15) is 4.79 Å². The molecule has 1 rings (SSSR count). The predicted octanol–water partition coefficient (Wildman–Crippen LogP) is 1.05. The fourth-order valence-corrected chi connectivity index (χ4v) is 1.44. The molecule has 0 aromatic carbocycles. The van der Waals surface area contributed by atoms with E-state index in [4.69, 9.17) is 0 Å². The minimum Gasteiger partial charge on any atom is -0.359 e. The molecule has 0 unspecified atom stereocenters. The number of aryl methyl sites for hydroxylation is 1. The Hall–Kier alpha value is -1.58. The van der Waals surface area contributed by atoms with Gasteiger partial charge in [0.1, 0.15) is 5.82 Å². The van der Waals surface area contributed by atoms with Gasteiger partial charge >= 0.3 is 0 Å². The Morgan fingerprint density at radius 3 is 2.80 bits per heavy atom. The van der Waals surface area contributed by atoms with Crippen molar-refractivity contribution in [3.05, 3.63) is 23.8 Å². The molecule has 0 radical (unpaired) electrons. The van der Waals surface area contributed by atoms with Gasteiger partial charge in [0.2, 0.25) is 5.91 Å². The van der Waals surface area contributed by atoms with Crippen molar-refractivity contribution in [3.8, 4) is 0 Å². The van der Waals surface area contributed by atoms with Crippen molar-refractivity contribution in [3.63, 3.8) is 0 Å². The average Bonchev–Trinajstić information content (AvgIpc) is 2.52. The van der Waals surface area contributed by atoms with Crippen LogP contribution < -0.4 is 5.32 Å². The standard InChI is InChI=1S/C11H17N3O/c1-5-10-13-9(8(2)14(10)4)6-7-11(15)12-3/h5H,1,6-7H2,2-4H3,(H,12,15). The molecule has 0 bridgehead atoms. The number of hydrogen-bond acceptors (Lipinski definition) is 2. The first kappa shape index (κ1) is 11.5. The lowest BCUT2D eigenvalue weighted by molar-refractivity contribution is -0.120. The molecule has 0 aliphatic heterocycles. The predicted molar refractivity (Wildman–Crippen MR) is 60.4 cm³/mol. The molecule has 0 atom stereocenters. The van der Waals surface area contributed by atoms with Crippen molar-refractivity contribution in [2.75, 3.05) is 7.05 Å². The van der Waals surface area contributed by atoms with E-state index < -0.39 is 0 Å². The van der Waals surface area contributed by atoms with Gasteiger partial charge in [-0.25, -0.2) is 4.98 Å². The van der Waals surface area contributed by atoms with Crippen LogP contribution in [0.5, 0.6) is 0 Å². The normalized spacial score (nSPS) is 10.1. The fraction of sp³-hybridized carbons (Fsp3) is 0.455. The summed E-state index contributed by atoms with van der Waals surface area (Å²) in [6, 6.07) is 0. The van der Waals surface area contributed by atoms with E-state index in [-0.39, 0.29) is 5.91 Å². The van der Waals surface area contributed by atoms with Gasteiger partial charge in [-0.15, -0.1) is 0 Å². The number of rotatable bonds is 4. The number of amides is 1. The molecule has 0 saturated heterocycles. The molecule has 1 amide bonds. The third-order valence-electron chi connectivity index (χ3n) is 2.56. The molecule has 0 aliphatic rings. The zero-order chi connectivity index (χ0) is 11.4. The fourth-order valence-electron chi connectivity index (χ4n) is 1.44. The summed E-state index contributed by atoms with van der Waals surface area (Å²) in [7, 11) is 3.59. The van der Waals surface area contributed by atoms with Crippen molar-refractivity contribution >= 4 is 12.0 Å². The Bertz CT molecular complexity index is 379. The molecule has 1 N–H and O–H groups in total. The van der Waals surface area contributed by atoms with Crippen LogP contribution in [-0.4, -0.2) is 22.5 Å². The number of carbonyl (C=O) groups is 1. The first-order valence-corrected chi connectivity index (χ1v) is 4.95. The molecule has 0 saturated carbocycles. The van der Waals surface area contributed by atoms with Crippen LogP contribution in [0.3, 0.4) is 0 Å². The molecule has 1 heterocycles. The smallest absolute Gasteiger partial charge is 0.220 e. The molecule has 1 aromatic heterocycles. The second-order valence-electron chi connectivity index (χ2n) is 3.44. The van der Waals surface area contributed by atoms with Gasteiger partial charge in [0, 0.05) is 32.6 Å². The monoisotopic (exact) mass is 207 g/mol. The lowest BCUT2D eigenvalue weighted by Crippen LogP contribution is -2.18. The summed E-state index contributed by atoms with van der Waals surface area (Å²) in [5.41, 5.74) is 2.06. The van der Waals surface area contributed by atoms with Gasteiger partial charge < -0.3 is 9.88 Å². The average molecular weight is 207 g/mol. The number of hydrogen-bond donors (Lipinski definition) is 1. The maximum Gasteiger partial charge on any atom is 0.220 e. The molecule has 82 valence electrons. The van der Waals surface area contributed by atoms with Crippen LogP contribution in [0.4, 0.5) is 0 Å². The van der Waals surface area contributed by atoms with Crippen molar-refractivity contribution < 1.29 is 4.79 Å². The largest absolute Gasteiger partial charge is 0.359 e. The molecule has 15 heavy (non-hydrogen) atoms. The van der Waals surface area contributed by atoms with Gasteiger partial charge in [-0.05, 0) is 13.0 Å². The molecule has 1 aromatic rings. The highest BCUT2D eigenvalue weighted by Gasteiger charge is 2.09. The number of nitrogens with zero attached hydrogens (tertiary/aromatic N) is 2. The Balaban J connectivity index is 2.77. The first-order chi connectivity index (χ1) is 7.10. The summed E-state index contributed by atoms with van der Waals surface area (Å²) in [6.07, 6.45) is 2.87.